The molecule has 108 valence electrons. The lowest BCUT2D eigenvalue weighted by molar-refractivity contribution is -0.122. The lowest BCUT2D eigenvalue weighted by Gasteiger charge is -2.23. The number of pyridine rings is 1. The molecule has 1 aromatic heterocycles. The molecule has 2 amide bonds. The van der Waals surface area contributed by atoms with Crippen LogP contribution in [0.4, 0.5) is 0 Å². The normalized spacial score (nSPS) is 18.3. The van der Waals surface area contributed by atoms with E-state index in [2.05, 4.69) is 15.6 Å². The predicted molar refractivity (Wildman–Crippen MR) is 80.3 cm³/mol. The van der Waals surface area contributed by atoms with Crippen LogP contribution in [0.5, 0.6) is 0 Å². The molecule has 1 fully saturated rings. The number of nitrogens with zero attached hydrogens (tertiary/aromatic N) is 1. The first kappa shape index (κ1) is 13.8. The smallest absolute Gasteiger partial charge is 0.270 e. The van der Waals surface area contributed by atoms with Crippen molar-refractivity contribution in [3.63, 3.8) is 0 Å². The minimum Gasteiger partial charge on any atom is -0.354 e. The van der Waals surface area contributed by atoms with Crippen LogP contribution in [0.3, 0.4) is 0 Å². The largest absolute Gasteiger partial charge is 0.354 e. The van der Waals surface area contributed by atoms with E-state index in [0.29, 0.717) is 24.5 Å². The number of carbonyl (C=O) groups excluding carboxylic acids is 2. The Kier molecular flexibility index (Phi) is 3.75. The number of aromatic nitrogens is 1. The molecule has 6 heteroatoms. The molecule has 0 aliphatic carbocycles. The highest BCUT2D eigenvalue weighted by atomic mass is 35.5. The van der Waals surface area contributed by atoms with Crippen LogP contribution in [-0.4, -0.2) is 29.4 Å². The molecule has 1 saturated heterocycles. The Balaban J connectivity index is 1.80. The Morgan fingerprint density at radius 2 is 2.19 bits per heavy atom. The summed E-state index contributed by atoms with van der Waals surface area (Å²) < 4.78 is 0. The van der Waals surface area contributed by atoms with E-state index >= 15 is 0 Å². The van der Waals surface area contributed by atoms with Gasteiger partial charge in [0, 0.05) is 24.4 Å². The lowest BCUT2D eigenvalue weighted by atomic mass is 10.1. The standard InChI is InChI=1S/C15H14ClN3O2/c16-14-11-4-2-1-3-9(11)7-12(19-14)15(21)18-10-5-6-13(20)17-8-10/h1-4,7,10H,5-6,8H2,(H,17,20)(H,18,21). The minimum absolute atomic E-state index is 0.0207. The van der Waals surface area contributed by atoms with Crippen molar-refractivity contribution in [1.29, 1.82) is 0 Å². The fourth-order valence-electron chi connectivity index (χ4n) is 2.39. The quantitative estimate of drug-likeness (QED) is 0.832. The second-order valence-electron chi connectivity index (χ2n) is 5.03. The van der Waals surface area contributed by atoms with Crippen molar-refractivity contribution < 1.29 is 9.59 Å². The van der Waals surface area contributed by atoms with Crippen LogP contribution >= 0.6 is 11.6 Å². The first-order valence-corrected chi connectivity index (χ1v) is 7.14. The summed E-state index contributed by atoms with van der Waals surface area (Å²) in [7, 11) is 0. The molecule has 2 heterocycles. The number of amides is 2. The van der Waals surface area contributed by atoms with Crippen LogP contribution in [0.25, 0.3) is 10.8 Å². The Morgan fingerprint density at radius 3 is 2.95 bits per heavy atom. The number of rotatable bonds is 2. The van der Waals surface area contributed by atoms with Crippen LogP contribution < -0.4 is 10.6 Å². The number of carbonyl (C=O) groups is 2. The first-order valence-electron chi connectivity index (χ1n) is 6.76. The van der Waals surface area contributed by atoms with Gasteiger partial charge in [0.1, 0.15) is 10.8 Å². The molecule has 21 heavy (non-hydrogen) atoms. The van der Waals surface area contributed by atoms with Crippen LogP contribution in [0.1, 0.15) is 23.3 Å². The van der Waals surface area contributed by atoms with Crippen LogP contribution in [0.2, 0.25) is 5.15 Å². The highest BCUT2D eigenvalue weighted by Gasteiger charge is 2.21. The highest BCUT2D eigenvalue weighted by Crippen LogP contribution is 2.22. The highest BCUT2D eigenvalue weighted by molar-refractivity contribution is 6.34. The molecule has 5 nitrogen and oxygen atoms in total. The monoisotopic (exact) mass is 303 g/mol. The first-order chi connectivity index (χ1) is 10.1. The summed E-state index contributed by atoms with van der Waals surface area (Å²) in [6.45, 7) is 0.450. The maximum absolute atomic E-state index is 12.2. The van der Waals surface area contributed by atoms with E-state index in [1.807, 2.05) is 24.3 Å². The summed E-state index contributed by atoms with van der Waals surface area (Å²) in [5.74, 6) is -0.254. The molecule has 0 radical (unpaired) electrons. The molecule has 2 aromatic rings. The molecule has 2 N–H and O–H groups in total. The Bertz CT molecular complexity index is 707. The van der Waals surface area contributed by atoms with Gasteiger partial charge in [-0.15, -0.1) is 0 Å². The third kappa shape index (κ3) is 2.97. The summed E-state index contributed by atoms with van der Waals surface area (Å²) >= 11 is 6.12. The molecule has 1 atom stereocenters. The van der Waals surface area contributed by atoms with E-state index in [1.54, 1.807) is 6.07 Å². The van der Waals surface area contributed by atoms with E-state index in [0.717, 1.165) is 10.8 Å². The molecule has 0 spiro atoms. The average Bonchev–Trinajstić information content (AvgIpc) is 2.49. The van der Waals surface area contributed by atoms with Gasteiger partial charge in [0.05, 0.1) is 0 Å². The minimum atomic E-state index is -0.274. The molecule has 1 aliphatic rings. The van der Waals surface area contributed by atoms with Gasteiger partial charge >= 0.3 is 0 Å². The van der Waals surface area contributed by atoms with Gasteiger partial charge in [-0.05, 0) is 17.9 Å². The van der Waals surface area contributed by atoms with E-state index < -0.39 is 0 Å². The average molecular weight is 304 g/mol. The topological polar surface area (TPSA) is 71.1 Å². The fourth-order valence-corrected chi connectivity index (χ4v) is 2.65. The van der Waals surface area contributed by atoms with Gasteiger partial charge in [-0.25, -0.2) is 4.98 Å². The van der Waals surface area contributed by atoms with Crippen molar-refractivity contribution in [3.05, 3.63) is 41.2 Å². The van der Waals surface area contributed by atoms with Gasteiger partial charge in [-0.1, -0.05) is 35.9 Å². The van der Waals surface area contributed by atoms with Crippen molar-refractivity contribution >= 4 is 34.2 Å². The predicted octanol–water partition coefficient (Wildman–Crippen LogP) is 1.90. The molecular formula is C15H14ClN3O2. The number of fused-ring (bicyclic) bond motifs is 1. The summed E-state index contributed by atoms with van der Waals surface area (Å²) in [6, 6.07) is 9.17. The van der Waals surface area contributed by atoms with Crippen LogP contribution in [-0.2, 0) is 4.79 Å². The Labute approximate surface area is 126 Å². The van der Waals surface area contributed by atoms with Crippen LogP contribution in [0.15, 0.2) is 30.3 Å². The third-order valence-corrected chi connectivity index (χ3v) is 3.82. The Hall–Kier alpha value is -2.14. The van der Waals surface area contributed by atoms with Crippen LogP contribution in [0, 0.1) is 0 Å². The zero-order valence-corrected chi connectivity index (χ0v) is 12.0. The fraction of sp³-hybridized carbons (Fsp3) is 0.267. The number of benzene rings is 1. The van der Waals surface area contributed by atoms with Crippen molar-refractivity contribution in [1.82, 2.24) is 15.6 Å². The molecule has 0 saturated carbocycles. The Morgan fingerprint density at radius 1 is 1.38 bits per heavy atom. The third-order valence-electron chi connectivity index (χ3n) is 3.53. The van der Waals surface area contributed by atoms with Gasteiger partial charge in [-0.2, -0.15) is 0 Å². The van der Waals surface area contributed by atoms with E-state index in [1.165, 1.54) is 0 Å². The SMILES string of the molecule is O=C1CCC(NC(=O)c2cc3ccccc3c(Cl)n2)CN1. The number of nitrogens with one attached hydrogen (secondary N) is 2. The zero-order chi connectivity index (χ0) is 14.8. The van der Waals surface area contributed by atoms with E-state index in [-0.39, 0.29) is 23.6 Å². The van der Waals surface area contributed by atoms with Crippen molar-refractivity contribution in [2.75, 3.05) is 6.54 Å². The molecular weight excluding hydrogens is 290 g/mol. The summed E-state index contributed by atoms with van der Waals surface area (Å²) in [6.07, 6.45) is 1.07. The van der Waals surface area contributed by atoms with Crippen molar-refractivity contribution in [2.45, 2.75) is 18.9 Å². The van der Waals surface area contributed by atoms with E-state index in [9.17, 15) is 9.59 Å². The molecule has 1 unspecified atom stereocenters. The number of piperidine rings is 1. The second-order valence-corrected chi connectivity index (χ2v) is 5.39. The van der Waals surface area contributed by atoms with Gasteiger partial charge in [-0.3, -0.25) is 9.59 Å². The van der Waals surface area contributed by atoms with Gasteiger partial charge < -0.3 is 10.6 Å². The zero-order valence-electron chi connectivity index (χ0n) is 11.2. The van der Waals surface area contributed by atoms with Crippen molar-refractivity contribution in [3.8, 4) is 0 Å². The second kappa shape index (κ2) is 5.69. The maximum Gasteiger partial charge on any atom is 0.270 e. The molecule has 3 rings (SSSR count). The molecule has 1 aromatic carbocycles. The number of hydrogen-bond donors (Lipinski definition) is 2. The number of hydrogen-bond acceptors (Lipinski definition) is 3. The summed E-state index contributed by atoms with van der Waals surface area (Å²) in [5, 5.41) is 7.61. The maximum atomic E-state index is 12.2. The lowest BCUT2D eigenvalue weighted by Crippen LogP contribution is -2.47. The van der Waals surface area contributed by atoms with Gasteiger partial charge in [0.25, 0.3) is 5.91 Å². The summed E-state index contributed by atoms with van der Waals surface area (Å²) in [4.78, 5) is 27.5. The number of halogens is 1. The van der Waals surface area contributed by atoms with Crippen molar-refractivity contribution in [2.24, 2.45) is 0 Å². The molecule has 0 bridgehead atoms. The van der Waals surface area contributed by atoms with Gasteiger partial charge in [0.15, 0.2) is 0 Å². The van der Waals surface area contributed by atoms with E-state index in [4.69, 9.17) is 11.6 Å². The molecule has 1 aliphatic heterocycles. The summed E-state index contributed by atoms with van der Waals surface area (Å²) in [5.41, 5.74) is 0.288. The van der Waals surface area contributed by atoms with Gasteiger partial charge in [0.2, 0.25) is 5.91 Å².